The lowest BCUT2D eigenvalue weighted by atomic mass is 10.0. The standard InChI is InChI=1S/C16H26N2O6/c1-5-24-14(20)8-6-7-12(16(22)23)18-15(21)13(9-10(2)3)17-11(4)19/h6,8,10,12-13H,5,7,9H2,1-4H3,(H,17,19)(H,18,21)(H,22,23)/b8-6+/t12-,13+/m1/s1. The predicted octanol–water partition coefficient (Wildman–Crippen LogP) is 0.616. The highest BCUT2D eigenvalue weighted by Crippen LogP contribution is 2.06. The summed E-state index contributed by atoms with van der Waals surface area (Å²) in [5.41, 5.74) is 0. The second-order valence-corrected chi connectivity index (χ2v) is 5.67. The van der Waals surface area contributed by atoms with Gasteiger partial charge in [-0.05, 0) is 25.7 Å². The van der Waals surface area contributed by atoms with Gasteiger partial charge in [0.05, 0.1) is 6.61 Å². The molecule has 0 unspecified atom stereocenters. The Bertz CT molecular complexity index is 487. The van der Waals surface area contributed by atoms with Crippen LogP contribution in [0.4, 0.5) is 0 Å². The number of carbonyl (C=O) groups is 4. The summed E-state index contributed by atoms with van der Waals surface area (Å²) in [6, 6.07) is -2.01. The molecule has 0 aliphatic rings. The van der Waals surface area contributed by atoms with E-state index in [-0.39, 0.29) is 24.9 Å². The molecule has 0 aromatic heterocycles. The number of ether oxygens (including phenoxy) is 1. The third-order valence-electron chi connectivity index (χ3n) is 2.93. The highest BCUT2D eigenvalue weighted by atomic mass is 16.5. The molecule has 0 aromatic carbocycles. The molecule has 0 heterocycles. The van der Waals surface area contributed by atoms with E-state index in [2.05, 4.69) is 15.4 Å². The van der Waals surface area contributed by atoms with Crippen molar-refractivity contribution in [3.05, 3.63) is 12.2 Å². The maximum absolute atomic E-state index is 12.2. The summed E-state index contributed by atoms with van der Waals surface area (Å²) in [4.78, 5) is 45.8. The maximum Gasteiger partial charge on any atom is 0.330 e. The van der Waals surface area contributed by atoms with Crippen molar-refractivity contribution in [2.75, 3.05) is 6.61 Å². The average Bonchev–Trinajstić information content (AvgIpc) is 2.44. The molecule has 0 saturated carbocycles. The lowest BCUT2D eigenvalue weighted by molar-refractivity contribution is -0.142. The summed E-state index contributed by atoms with van der Waals surface area (Å²) in [5.74, 6) is -2.62. The largest absolute Gasteiger partial charge is 0.480 e. The summed E-state index contributed by atoms with van der Waals surface area (Å²) in [6.07, 6.45) is 2.75. The fourth-order valence-corrected chi connectivity index (χ4v) is 1.93. The second-order valence-electron chi connectivity index (χ2n) is 5.67. The smallest absolute Gasteiger partial charge is 0.330 e. The first-order chi connectivity index (χ1) is 11.2. The summed E-state index contributed by atoms with van der Waals surface area (Å²) in [7, 11) is 0. The summed E-state index contributed by atoms with van der Waals surface area (Å²) >= 11 is 0. The number of carboxylic acids is 1. The zero-order valence-electron chi connectivity index (χ0n) is 14.5. The van der Waals surface area contributed by atoms with Crippen molar-refractivity contribution in [3.8, 4) is 0 Å². The fourth-order valence-electron chi connectivity index (χ4n) is 1.93. The van der Waals surface area contributed by atoms with E-state index in [4.69, 9.17) is 0 Å². The maximum atomic E-state index is 12.2. The SMILES string of the molecule is CCOC(=O)/C=C/C[C@@H](NC(=O)[C@H](CC(C)C)NC(C)=O)C(=O)O. The number of carbonyl (C=O) groups excluding carboxylic acids is 3. The van der Waals surface area contributed by atoms with Gasteiger partial charge in [-0.15, -0.1) is 0 Å². The van der Waals surface area contributed by atoms with Crippen molar-refractivity contribution in [3.63, 3.8) is 0 Å². The number of rotatable bonds is 10. The van der Waals surface area contributed by atoms with Gasteiger partial charge in [0.25, 0.3) is 0 Å². The van der Waals surface area contributed by atoms with E-state index in [1.807, 2.05) is 13.8 Å². The van der Waals surface area contributed by atoms with Crippen LogP contribution >= 0.6 is 0 Å². The fraction of sp³-hybridized carbons (Fsp3) is 0.625. The number of amides is 2. The number of esters is 1. The summed E-state index contributed by atoms with van der Waals surface area (Å²) in [5, 5.41) is 14.1. The van der Waals surface area contributed by atoms with Crippen LogP contribution in [0.3, 0.4) is 0 Å². The Labute approximate surface area is 141 Å². The molecule has 136 valence electrons. The lowest BCUT2D eigenvalue weighted by Gasteiger charge is -2.21. The molecule has 0 spiro atoms. The molecular weight excluding hydrogens is 316 g/mol. The van der Waals surface area contributed by atoms with Crippen molar-refractivity contribution in [2.24, 2.45) is 5.92 Å². The Morgan fingerprint density at radius 1 is 1.12 bits per heavy atom. The monoisotopic (exact) mass is 342 g/mol. The van der Waals surface area contributed by atoms with Crippen LogP contribution in [-0.4, -0.2) is 47.6 Å². The molecule has 0 aliphatic heterocycles. The van der Waals surface area contributed by atoms with Crippen LogP contribution in [-0.2, 0) is 23.9 Å². The van der Waals surface area contributed by atoms with Crippen molar-refractivity contribution < 1.29 is 29.0 Å². The van der Waals surface area contributed by atoms with E-state index in [1.54, 1.807) is 6.92 Å². The predicted molar refractivity (Wildman–Crippen MR) is 87.0 cm³/mol. The van der Waals surface area contributed by atoms with E-state index in [1.165, 1.54) is 13.0 Å². The Balaban J connectivity index is 4.82. The number of hydrogen-bond donors (Lipinski definition) is 3. The molecule has 0 fully saturated rings. The molecule has 3 N–H and O–H groups in total. The Kier molecular flexibility index (Phi) is 10.1. The summed E-state index contributed by atoms with van der Waals surface area (Å²) < 4.78 is 4.68. The van der Waals surface area contributed by atoms with E-state index in [0.29, 0.717) is 6.42 Å². The molecular formula is C16H26N2O6. The van der Waals surface area contributed by atoms with Gasteiger partial charge in [0.15, 0.2) is 0 Å². The van der Waals surface area contributed by atoms with Gasteiger partial charge in [0, 0.05) is 13.0 Å². The molecule has 0 radical (unpaired) electrons. The number of hydrogen-bond acceptors (Lipinski definition) is 5. The number of nitrogens with one attached hydrogen (secondary N) is 2. The molecule has 2 atom stereocenters. The number of carboxylic acid groups (broad SMARTS) is 1. The molecule has 0 rings (SSSR count). The highest BCUT2D eigenvalue weighted by molar-refractivity contribution is 5.90. The van der Waals surface area contributed by atoms with Crippen LogP contribution in [0.2, 0.25) is 0 Å². The van der Waals surface area contributed by atoms with Gasteiger partial charge >= 0.3 is 11.9 Å². The van der Waals surface area contributed by atoms with Gasteiger partial charge in [-0.3, -0.25) is 9.59 Å². The molecule has 8 nitrogen and oxygen atoms in total. The first-order valence-electron chi connectivity index (χ1n) is 7.80. The topological polar surface area (TPSA) is 122 Å². The molecule has 8 heteroatoms. The van der Waals surface area contributed by atoms with Crippen LogP contribution in [0, 0.1) is 5.92 Å². The van der Waals surface area contributed by atoms with Gasteiger partial charge in [-0.1, -0.05) is 19.9 Å². The highest BCUT2D eigenvalue weighted by Gasteiger charge is 2.25. The van der Waals surface area contributed by atoms with Crippen LogP contribution in [0.25, 0.3) is 0 Å². The summed E-state index contributed by atoms with van der Waals surface area (Å²) in [6.45, 7) is 6.94. The van der Waals surface area contributed by atoms with Crippen LogP contribution in [0.1, 0.15) is 40.5 Å². The Morgan fingerprint density at radius 3 is 2.21 bits per heavy atom. The minimum absolute atomic E-state index is 0.0750. The van der Waals surface area contributed by atoms with E-state index in [0.717, 1.165) is 6.08 Å². The molecule has 0 aliphatic carbocycles. The van der Waals surface area contributed by atoms with Gasteiger partial charge in [0.2, 0.25) is 11.8 Å². The molecule has 2 amide bonds. The van der Waals surface area contributed by atoms with Crippen molar-refractivity contribution in [1.82, 2.24) is 10.6 Å². The van der Waals surface area contributed by atoms with Gasteiger partial charge < -0.3 is 20.5 Å². The third-order valence-corrected chi connectivity index (χ3v) is 2.93. The van der Waals surface area contributed by atoms with Gasteiger partial charge in [0.1, 0.15) is 12.1 Å². The van der Waals surface area contributed by atoms with E-state index >= 15 is 0 Å². The first-order valence-corrected chi connectivity index (χ1v) is 7.80. The average molecular weight is 342 g/mol. The molecule has 0 aromatic rings. The van der Waals surface area contributed by atoms with Crippen molar-refractivity contribution >= 4 is 23.8 Å². The first kappa shape index (κ1) is 21.6. The van der Waals surface area contributed by atoms with Crippen LogP contribution in [0.15, 0.2) is 12.2 Å². The Morgan fingerprint density at radius 2 is 1.75 bits per heavy atom. The van der Waals surface area contributed by atoms with Crippen molar-refractivity contribution in [1.29, 1.82) is 0 Å². The van der Waals surface area contributed by atoms with Crippen LogP contribution in [0.5, 0.6) is 0 Å². The van der Waals surface area contributed by atoms with E-state index < -0.39 is 29.9 Å². The molecule has 24 heavy (non-hydrogen) atoms. The zero-order chi connectivity index (χ0) is 18.7. The van der Waals surface area contributed by atoms with Gasteiger partial charge in [-0.2, -0.15) is 0 Å². The third kappa shape index (κ3) is 9.60. The second kappa shape index (κ2) is 11.2. The quantitative estimate of drug-likeness (QED) is 0.395. The zero-order valence-corrected chi connectivity index (χ0v) is 14.5. The number of aliphatic carboxylic acids is 1. The van der Waals surface area contributed by atoms with Gasteiger partial charge in [-0.25, -0.2) is 9.59 Å². The Hall–Kier alpha value is -2.38. The van der Waals surface area contributed by atoms with Crippen molar-refractivity contribution in [2.45, 2.75) is 52.6 Å². The minimum atomic E-state index is -1.23. The van der Waals surface area contributed by atoms with Crippen LogP contribution < -0.4 is 10.6 Å². The molecule has 0 saturated heterocycles. The minimum Gasteiger partial charge on any atom is -0.480 e. The van der Waals surface area contributed by atoms with E-state index in [9.17, 15) is 24.3 Å². The molecule has 0 bridgehead atoms. The lowest BCUT2D eigenvalue weighted by Crippen LogP contribution is -2.51. The normalized spacial score (nSPS) is 13.4.